The van der Waals surface area contributed by atoms with Crippen LogP contribution in [0.25, 0.3) is 0 Å². The third-order valence-electron chi connectivity index (χ3n) is 3.93. The van der Waals surface area contributed by atoms with Gasteiger partial charge in [0.2, 0.25) is 0 Å². The molecule has 1 aliphatic heterocycles. The fourth-order valence-electron chi connectivity index (χ4n) is 2.72. The van der Waals surface area contributed by atoms with Crippen molar-refractivity contribution in [1.29, 1.82) is 0 Å². The lowest BCUT2D eigenvalue weighted by molar-refractivity contribution is 0.0417. The maximum Gasteiger partial charge on any atom is 0.251 e. The van der Waals surface area contributed by atoms with Gasteiger partial charge in [0.15, 0.2) is 0 Å². The van der Waals surface area contributed by atoms with Crippen LogP contribution < -0.4 is 10.6 Å². The minimum atomic E-state index is -0.289. The van der Waals surface area contributed by atoms with Crippen LogP contribution in [0.15, 0.2) is 48.5 Å². The van der Waals surface area contributed by atoms with Gasteiger partial charge in [0.25, 0.3) is 5.91 Å². The topological polar surface area (TPSA) is 50.4 Å². The molecule has 0 spiro atoms. The van der Waals surface area contributed by atoms with E-state index < -0.39 is 0 Å². The molecule has 1 heterocycles. The average Bonchev–Trinajstić information content (AvgIpc) is 2.83. The number of ether oxygens (including phenoxy) is 1. The van der Waals surface area contributed by atoms with E-state index in [-0.39, 0.29) is 18.1 Å². The Morgan fingerprint density at radius 2 is 1.92 bits per heavy atom. The SMILES string of the molecule is O=C(NC1CNCCOC1c1ccc(Cl)c(Cl)c1)c1ccccc1. The van der Waals surface area contributed by atoms with Crippen LogP contribution in [0.4, 0.5) is 0 Å². The van der Waals surface area contributed by atoms with Crippen LogP contribution in [-0.2, 0) is 4.74 Å². The molecule has 126 valence electrons. The van der Waals surface area contributed by atoms with Crippen LogP contribution in [0.1, 0.15) is 22.0 Å². The molecule has 2 N–H and O–H groups in total. The number of amides is 1. The molecule has 0 radical (unpaired) electrons. The van der Waals surface area contributed by atoms with E-state index in [4.69, 9.17) is 27.9 Å². The van der Waals surface area contributed by atoms with Crippen LogP contribution in [0, 0.1) is 0 Å². The smallest absolute Gasteiger partial charge is 0.251 e. The average molecular weight is 365 g/mol. The Morgan fingerprint density at radius 1 is 1.12 bits per heavy atom. The fraction of sp³-hybridized carbons (Fsp3) is 0.278. The van der Waals surface area contributed by atoms with Crippen molar-refractivity contribution in [3.05, 3.63) is 69.7 Å². The van der Waals surface area contributed by atoms with Crippen LogP contribution in [0.2, 0.25) is 10.0 Å². The number of benzene rings is 2. The highest BCUT2D eigenvalue weighted by molar-refractivity contribution is 6.42. The summed E-state index contributed by atoms with van der Waals surface area (Å²) in [5, 5.41) is 7.31. The second-order valence-corrected chi connectivity index (χ2v) is 6.43. The molecule has 6 heteroatoms. The monoisotopic (exact) mass is 364 g/mol. The predicted octanol–water partition coefficient (Wildman–Crippen LogP) is 3.45. The quantitative estimate of drug-likeness (QED) is 0.876. The van der Waals surface area contributed by atoms with E-state index in [9.17, 15) is 4.79 Å². The van der Waals surface area contributed by atoms with E-state index in [0.717, 1.165) is 12.1 Å². The zero-order valence-corrected chi connectivity index (χ0v) is 14.5. The first kappa shape index (κ1) is 17.2. The largest absolute Gasteiger partial charge is 0.370 e. The van der Waals surface area contributed by atoms with Gasteiger partial charge in [-0.3, -0.25) is 4.79 Å². The Balaban J connectivity index is 1.82. The molecule has 2 aromatic rings. The number of halogens is 2. The maximum absolute atomic E-state index is 12.5. The van der Waals surface area contributed by atoms with Gasteiger partial charge in [0, 0.05) is 18.7 Å². The Kier molecular flexibility index (Phi) is 5.74. The number of rotatable bonds is 3. The van der Waals surface area contributed by atoms with Crippen molar-refractivity contribution in [2.45, 2.75) is 12.1 Å². The molecule has 4 nitrogen and oxygen atoms in total. The Labute approximate surface area is 151 Å². The van der Waals surface area contributed by atoms with Gasteiger partial charge < -0.3 is 15.4 Å². The van der Waals surface area contributed by atoms with E-state index in [2.05, 4.69) is 10.6 Å². The van der Waals surface area contributed by atoms with Gasteiger partial charge in [-0.25, -0.2) is 0 Å². The Hall–Kier alpha value is -1.59. The molecule has 24 heavy (non-hydrogen) atoms. The van der Waals surface area contributed by atoms with Crippen molar-refractivity contribution in [3.8, 4) is 0 Å². The van der Waals surface area contributed by atoms with Crippen LogP contribution in [0.5, 0.6) is 0 Å². The summed E-state index contributed by atoms with van der Waals surface area (Å²) in [5.41, 5.74) is 1.51. The molecule has 0 saturated carbocycles. The van der Waals surface area contributed by atoms with E-state index in [1.807, 2.05) is 24.3 Å². The van der Waals surface area contributed by atoms with Gasteiger partial charge in [-0.15, -0.1) is 0 Å². The second-order valence-electron chi connectivity index (χ2n) is 5.62. The maximum atomic E-state index is 12.5. The molecule has 1 aliphatic rings. The van der Waals surface area contributed by atoms with Gasteiger partial charge in [0.1, 0.15) is 6.10 Å². The van der Waals surface area contributed by atoms with E-state index in [1.54, 1.807) is 24.3 Å². The molecule has 0 aliphatic carbocycles. The zero-order chi connectivity index (χ0) is 16.9. The van der Waals surface area contributed by atoms with E-state index in [0.29, 0.717) is 28.8 Å². The van der Waals surface area contributed by atoms with Gasteiger partial charge in [-0.05, 0) is 29.8 Å². The molecule has 0 aromatic heterocycles. The van der Waals surface area contributed by atoms with E-state index in [1.165, 1.54) is 0 Å². The summed E-state index contributed by atoms with van der Waals surface area (Å²) < 4.78 is 5.95. The standard InChI is InChI=1S/C18H18Cl2N2O2/c19-14-7-6-13(10-15(14)20)17-16(11-21-8-9-24-17)22-18(23)12-4-2-1-3-5-12/h1-7,10,16-17,21H,8-9,11H2,(H,22,23). The van der Waals surface area contributed by atoms with Crippen molar-refractivity contribution in [2.24, 2.45) is 0 Å². The van der Waals surface area contributed by atoms with Crippen LogP contribution in [0.3, 0.4) is 0 Å². The molecular weight excluding hydrogens is 347 g/mol. The number of hydrogen-bond acceptors (Lipinski definition) is 3. The summed E-state index contributed by atoms with van der Waals surface area (Å²) in [4.78, 5) is 12.5. The normalized spacial score (nSPS) is 21.1. The third-order valence-corrected chi connectivity index (χ3v) is 4.67. The first-order valence-corrected chi connectivity index (χ1v) is 8.54. The molecule has 2 atom stereocenters. The molecule has 2 aromatic carbocycles. The minimum absolute atomic E-state index is 0.127. The first-order valence-electron chi connectivity index (χ1n) is 7.78. The van der Waals surface area contributed by atoms with Crippen molar-refractivity contribution >= 4 is 29.1 Å². The lowest BCUT2D eigenvalue weighted by Gasteiger charge is -2.26. The van der Waals surface area contributed by atoms with Crippen LogP contribution >= 0.6 is 23.2 Å². The molecule has 1 amide bonds. The van der Waals surface area contributed by atoms with Gasteiger partial charge in [-0.1, -0.05) is 47.5 Å². The number of hydrogen-bond donors (Lipinski definition) is 2. The molecular formula is C18H18Cl2N2O2. The lowest BCUT2D eigenvalue weighted by atomic mass is 10.0. The van der Waals surface area contributed by atoms with Crippen molar-refractivity contribution < 1.29 is 9.53 Å². The second kappa shape index (κ2) is 7.99. The van der Waals surface area contributed by atoms with Crippen molar-refractivity contribution in [1.82, 2.24) is 10.6 Å². The van der Waals surface area contributed by atoms with Crippen molar-refractivity contribution in [2.75, 3.05) is 19.7 Å². The summed E-state index contributed by atoms with van der Waals surface area (Å²) in [5.74, 6) is -0.127. The predicted molar refractivity (Wildman–Crippen MR) is 95.7 cm³/mol. The first-order chi connectivity index (χ1) is 11.6. The van der Waals surface area contributed by atoms with Gasteiger partial charge in [0.05, 0.1) is 22.7 Å². The van der Waals surface area contributed by atoms with Gasteiger partial charge in [-0.2, -0.15) is 0 Å². The number of nitrogens with one attached hydrogen (secondary N) is 2. The summed E-state index contributed by atoms with van der Waals surface area (Å²) in [7, 11) is 0. The highest BCUT2D eigenvalue weighted by atomic mass is 35.5. The summed E-state index contributed by atoms with van der Waals surface area (Å²) in [6, 6.07) is 14.3. The minimum Gasteiger partial charge on any atom is -0.370 e. The molecule has 0 bridgehead atoms. The Morgan fingerprint density at radius 3 is 2.67 bits per heavy atom. The van der Waals surface area contributed by atoms with Gasteiger partial charge >= 0.3 is 0 Å². The van der Waals surface area contributed by atoms with Crippen LogP contribution in [-0.4, -0.2) is 31.6 Å². The number of carbonyl (C=O) groups is 1. The number of carbonyl (C=O) groups excluding carboxylic acids is 1. The zero-order valence-electron chi connectivity index (χ0n) is 13.0. The molecule has 1 fully saturated rings. The summed E-state index contributed by atoms with van der Waals surface area (Å²) in [6.07, 6.45) is -0.289. The summed E-state index contributed by atoms with van der Waals surface area (Å²) >= 11 is 12.1. The Bertz CT molecular complexity index is 709. The lowest BCUT2D eigenvalue weighted by Crippen LogP contribution is -2.44. The molecule has 1 saturated heterocycles. The molecule has 3 rings (SSSR count). The van der Waals surface area contributed by atoms with Crippen molar-refractivity contribution in [3.63, 3.8) is 0 Å². The summed E-state index contributed by atoms with van der Waals surface area (Å²) in [6.45, 7) is 1.90. The molecule has 2 unspecified atom stereocenters. The third kappa shape index (κ3) is 4.08. The highest BCUT2D eigenvalue weighted by Gasteiger charge is 2.28. The van der Waals surface area contributed by atoms with E-state index >= 15 is 0 Å². The fourth-order valence-corrected chi connectivity index (χ4v) is 3.03. The highest BCUT2D eigenvalue weighted by Crippen LogP contribution is 2.29.